The molecule has 0 atom stereocenters. The van der Waals surface area contributed by atoms with Crippen LogP contribution in [0.1, 0.15) is 12.5 Å². The average molecular weight is 386 g/mol. The molecule has 0 aliphatic rings. The molecular formula is C17H17Cl2NOS2. The maximum absolute atomic E-state index is 12.1. The number of hydrogen-bond donors (Lipinski definition) is 1. The molecule has 0 fully saturated rings. The summed E-state index contributed by atoms with van der Waals surface area (Å²) in [4.78, 5) is 13.2. The molecule has 122 valence electrons. The predicted octanol–water partition coefficient (Wildman–Crippen LogP) is 5.98. The van der Waals surface area contributed by atoms with Crippen molar-refractivity contribution in [3.63, 3.8) is 0 Å². The second-order valence-electron chi connectivity index (χ2n) is 4.71. The molecule has 2 nitrogen and oxygen atoms in total. The Morgan fingerprint density at radius 3 is 2.70 bits per heavy atom. The Morgan fingerprint density at radius 1 is 1.17 bits per heavy atom. The van der Waals surface area contributed by atoms with E-state index in [4.69, 9.17) is 23.2 Å². The van der Waals surface area contributed by atoms with Gasteiger partial charge in [-0.1, -0.05) is 48.3 Å². The smallest absolute Gasteiger partial charge is 0.234 e. The molecule has 23 heavy (non-hydrogen) atoms. The van der Waals surface area contributed by atoms with Gasteiger partial charge in [0.25, 0.3) is 0 Å². The van der Waals surface area contributed by atoms with Crippen LogP contribution in [-0.4, -0.2) is 17.4 Å². The van der Waals surface area contributed by atoms with E-state index < -0.39 is 0 Å². The van der Waals surface area contributed by atoms with Crippen molar-refractivity contribution in [3.8, 4) is 0 Å². The number of carbonyl (C=O) groups is 1. The first-order valence-electron chi connectivity index (χ1n) is 7.13. The Kier molecular flexibility index (Phi) is 7.63. The number of carbonyl (C=O) groups excluding carboxylic acids is 1. The Bertz CT molecular complexity index is 679. The zero-order valence-electron chi connectivity index (χ0n) is 12.6. The summed E-state index contributed by atoms with van der Waals surface area (Å²) in [7, 11) is 0. The van der Waals surface area contributed by atoms with Gasteiger partial charge in [0.05, 0.1) is 11.4 Å². The first kappa shape index (κ1) is 18.5. The minimum absolute atomic E-state index is 0.00996. The lowest BCUT2D eigenvalue weighted by Gasteiger charge is -2.10. The molecule has 0 saturated heterocycles. The highest BCUT2D eigenvalue weighted by Gasteiger charge is 2.08. The molecule has 0 aromatic heterocycles. The van der Waals surface area contributed by atoms with Gasteiger partial charge < -0.3 is 5.32 Å². The third-order valence-corrected chi connectivity index (χ3v) is 5.49. The van der Waals surface area contributed by atoms with Gasteiger partial charge in [0.2, 0.25) is 5.91 Å². The molecule has 2 rings (SSSR count). The van der Waals surface area contributed by atoms with Gasteiger partial charge in [-0.25, -0.2) is 0 Å². The minimum Gasteiger partial charge on any atom is -0.324 e. The molecule has 2 aromatic rings. The summed E-state index contributed by atoms with van der Waals surface area (Å²) >= 11 is 15.2. The highest BCUT2D eigenvalue weighted by Crippen LogP contribution is 2.27. The van der Waals surface area contributed by atoms with E-state index in [0.29, 0.717) is 21.6 Å². The normalized spacial score (nSPS) is 10.6. The Labute approximate surface area is 155 Å². The minimum atomic E-state index is -0.00996. The summed E-state index contributed by atoms with van der Waals surface area (Å²) in [5, 5.41) is 4.22. The van der Waals surface area contributed by atoms with Crippen LogP contribution in [0.3, 0.4) is 0 Å². The van der Waals surface area contributed by atoms with Crippen LogP contribution in [-0.2, 0) is 10.5 Å². The van der Waals surface area contributed by atoms with Crippen molar-refractivity contribution in [2.75, 3.05) is 16.8 Å². The topological polar surface area (TPSA) is 29.1 Å². The van der Waals surface area contributed by atoms with Gasteiger partial charge >= 0.3 is 0 Å². The Hall–Kier alpha value is -0.810. The number of anilines is 1. The van der Waals surface area contributed by atoms with Gasteiger partial charge in [0.15, 0.2) is 0 Å². The van der Waals surface area contributed by atoms with E-state index in [1.165, 1.54) is 11.8 Å². The fraction of sp³-hybridized carbons (Fsp3) is 0.235. The van der Waals surface area contributed by atoms with Gasteiger partial charge in [-0.15, -0.1) is 23.5 Å². The zero-order valence-corrected chi connectivity index (χ0v) is 15.8. The lowest BCUT2D eigenvalue weighted by molar-refractivity contribution is -0.113. The van der Waals surface area contributed by atoms with E-state index in [9.17, 15) is 4.79 Å². The van der Waals surface area contributed by atoms with Crippen molar-refractivity contribution in [2.45, 2.75) is 17.6 Å². The molecule has 0 aliphatic carbocycles. The number of amides is 1. The summed E-state index contributed by atoms with van der Waals surface area (Å²) in [6.45, 7) is 2.09. The third-order valence-electron chi connectivity index (χ3n) is 2.97. The standard InChI is InChI=1S/C17H17Cl2NOS2/c1-2-23-16-6-4-3-5-15(16)20-17(21)11-22-10-12-7-8-13(18)9-14(12)19/h3-9H,2,10-11H2,1H3,(H,20,21). The monoisotopic (exact) mass is 385 g/mol. The van der Waals surface area contributed by atoms with Crippen molar-refractivity contribution in [3.05, 3.63) is 58.1 Å². The Balaban J connectivity index is 1.86. The van der Waals surface area contributed by atoms with Crippen LogP contribution >= 0.6 is 46.7 Å². The Morgan fingerprint density at radius 2 is 1.96 bits per heavy atom. The number of nitrogens with one attached hydrogen (secondary N) is 1. The molecule has 0 unspecified atom stereocenters. The van der Waals surface area contributed by atoms with Gasteiger partial charge in [-0.05, 0) is 35.6 Å². The second-order valence-corrected chi connectivity index (χ2v) is 7.84. The highest BCUT2D eigenvalue weighted by molar-refractivity contribution is 7.99. The molecule has 0 spiro atoms. The summed E-state index contributed by atoms with van der Waals surface area (Å²) in [5.74, 6) is 2.01. The SMILES string of the molecule is CCSc1ccccc1NC(=O)CSCc1ccc(Cl)cc1Cl. The molecule has 0 aliphatic heterocycles. The van der Waals surface area contributed by atoms with Crippen molar-refractivity contribution in [1.29, 1.82) is 0 Å². The molecule has 1 amide bonds. The lowest BCUT2D eigenvalue weighted by atomic mass is 10.2. The summed E-state index contributed by atoms with van der Waals surface area (Å²) in [5.41, 5.74) is 1.85. The average Bonchev–Trinajstić information content (AvgIpc) is 2.52. The zero-order chi connectivity index (χ0) is 16.7. The van der Waals surface area contributed by atoms with Crippen LogP contribution in [0.2, 0.25) is 10.0 Å². The molecule has 0 saturated carbocycles. The summed E-state index contributed by atoms with van der Waals surface area (Å²) in [6.07, 6.45) is 0. The number of para-hydroxylation sites is 1. The summed E-state index contributed by atoms with van der Waals surface area (Å²) in [6, 6.07) is 13.3. The van der Waals surface area contributed by atoms with Crippen molar-refractivity contribution < 1.29 is 4.79 Å². The first-order valence-corrected chi connectivity index (χ1v) is 10.0. The maximum Gasteiger partial charge on any atom is 0.234 e. The second kappa shape index (κ2) is 9.48. The molecule has 0 heterocycles. The van der Waals surface area contributed by atoms with Crippen molar-refractivity contribution >= 4 is 58.3 Å². The predicted molar refractivity (Wildman–Crippen MR) is 104 cm³/mol. The molecule has 0 bridgehead atoms. The summed E-state index contributed by atoms with van der Waals surface area (Å²) < 4.78 is 0. The van der Waals surface area contributed by atoms with Crippen LogP contribution < -0.4 is 5.32 Å². The van der Waals surface area contributed by atoms with Crippen molar-refractivity contribution in [1.82, 2.24) is 0 Å². The maximum atomic E-state index is 12.1. The van der Waals surface area contributed by atoms with Crippen LogP contribution in [0, 0.1) is 0 Å². The highest BCUT2D eigenvalue weighted by atomic mass is 35.5. The molecule has 1 N–H and O–H groups in total. The molecule has 6 heteroatoms. The van der Waals surface area contributed by atoms with Gasteiger partial charge in [-0.2, -0.15) is 0 Å². The van der Waals surface area contributed by atoms with E-state index >= 15 is 0 Å². The molecular weight excluding hydrogens is 369 g/mol. The third kappa shape index (κ3) is 5.96. The molecule has 2 aromatic carbocycles. The first-order chi connectivity index (χ1) is 11.1. The van der Waals surface area contributed by atoms with Gasteiger partial charge in [-0.3, -0.25) is 4.79 Å². The number of halogens is 2. The van der Waals surface area contributed by atoms with E-state index in [-0.39, 0.29) is 5.91 Å². The number of hydrogen-bond acceptors (Lipinski definition) is 3. The van der Waals surface area contributed by atoms with Gasteiger partial charge in [0.1, 0.15) is 0 Å². The van der Waals surface area contributed by atoms with E-state index in [1.807, 2.05) is 36.4 Å². The fourth-order valence-corrected chi connectivity index (χ4v) is 4.08. The van der Waals surface area contributed by atoms with E-state index in [2.05, 4.69) is 12.2 Å². The van der Waals surface area contributed by atoms with E-state index in [1.54, 1.807) is 17.8 Å². The van der Waals surface area contributed by atoms with Crippen LogP contribution in [0.4, 0.5) is 5.69 Å². The molecule has 0 radical (unpaired) electrons. The lowest BCUT2D eigenvalue weighted by Crippen LogP contribution is -2.14. The van der Waals surface area contributed by atoms with Crippen LogP contribution in [0.5, 0.6) is 0 Å². The largest absolute Gasteiger partial charge is 0.324 e. The number of thioether (sulfide) groups is 2. The fourth-order valence-electron chi connectivity index (χ4n) is 1.93. The quantitative estimate of drug-likeness (QED) is 0.594. The van der Waals surface area contributed by atoms with E-state index in [0.717, 1.165) is 21.9 Å². The van der Waals surface area contributed by atoms with Crippen LogP contribution in [0.25, 0.3) is 0 Å². The number of benzene rings is 2. The van der Waals surface area contributed by atoms with Crippen molar-refractivity contribution in [2.24, 2.45) is 0 Å². The van der Waals surface area contributed by atoms with Gasteiger partial charge in [0, 0.05) is 20.7 Å². The van der Waals surface area contributed by atoms with Crippen LogP contribution in [0.15, 0.2) is 47.4 Å². The number of rotatable bonds is 7.